The van der Waals surface area contributed by atoms with E-state index in [4.69, 9.17) is 9.47 Å². The van der Waals surface area contributed by atoms with Crippen LogP contribution in [0.4, 0.5) is 0 Å². The number of piperidine rings is 1. The van der Waals surface area contributed by atoms with Crippen molar-refractivity contribution in [3.63, 3.8) is 0 Å². The average Bonchev–Trinajstić information content (AvgIpc) is 3.21. The van der Waals surface area contributed by atoms with Crippen LogP contribution in [0.1, 0.15) is 23.3 Å². The fraction of sp³-hybridized carbons (Fsp3) is 0.429. The molecule has 0 bridgehead atoms. The Kier molecular flexibility index (Phi) is 6.92. The van der Waals surface area contributed by atoms with Gasteiger partial charge in [-0.25, -0.2) is 0 Å². The van der Waals surface area contributed by atoms with E-state index in [1.54, 1.807) is 25.6 Å². The van der Waals surface area contributed by atoms with Crippen LogP contribution in [0.3, 0.4) is 0 Å². The molecule has 1 saturated heterocycles. The summed E-state index contributed by atoms with van der Waals surface area (Å²) in [7, 11) is 3.17. The topological polar surface area (TPSA) is 67.9 Å². The molecule has 0 radical (unpaired) electrons. The summed E-state index contributed by atoms with van der Waals surface area (Å²) in [5, 5.41) is 5.07. The highest BCUT2D eigenvalue weighted by Gasteiger charge is 2.24. The van der Waals surface area contributed by atoms with Crippen LogP contribution in [-0.2, 0) is 22.4 Å². The van der Waals surface area contributed by atoms with Gasteiger partial charge < -0.3 is 19.7 Å². The third kappa shape index (κ3) is 5.25. The van der Waals surface area contributed by atoms with Crippen LogP contribution in [-0.4, -0.2) is 50.1 Å². The molecule has 0 aliphatic carbocycles. The summed E-state index contributed by atoms with van der Waals surface area (Å²) in [6.45, 7) is 1.33. The van der Waals surface area contributed by atoms with Gasteiger partial charge in [0.05, 0.1) is 27.1 Å². The quantitative estimate of drug-likeness (QED) is 0.773. The van der Waals surface area contributed by atoms with Crippen LogP contribution in [0, 0.1) is 0 Å². The minimum absolute atomic E-state index is 0.0533. The van der Waals surface area contributed by atoms with Crippen molar-refractivity contribution in [1.29, 1.82) is 0 Å². The Morgan fingerprint density at radius 3 is 2.50 bits per heavy atom. The van der Waals surface area contributed by atoms with Gasteiger partial charge in [-0.2, -0.15) is 0 Å². The number of benzene rings is 1. The predicted molar refractivity (Wildman–Crippen MR) is 109 cm³/mol. The molecule has 0 unspecified atom stereocenters. The van der Waals surface area contributed by atoms with E-state index in [1.165, 1.54) is 0 Å². The molecule has 1 aromatic carbocycles. The Morgan fingerprint density at radius 1 is 1.11 bits per heavy atom. The summed E-state index contributed by atoms with van der Waals surface area (Å²) in [6.07, 6.45) is 2.33. The second-order valence-electron chi connectivity index (χ2n) is 6.84. The number of hydrogen-bond donors (Lipinski definition) is 1. The van der Waals surface area contributed by atoms with Crippen LogP contribution in [0.5, 0.6) is 11.5 Å². The molecule has 7 heteroatoms. The maximum atomic E-state index is 12.6. The lowest BCUT2D eigenvalue weighted by atomic mass is 10.0. The number of methoxy groups -OCH3 is 2. The first-order valence-corrected chi connectivity index (χ1v) is 10.3. The van der Waals surface area contributed by atoms with Gasteiger partial charge >= 0.3 is 0 Å². The Bertz CT molecular complexity index is 799. The van der Waals surface area contributed by atoms with Crippen molar-refractivity contribution in [2.45, 2.75) is 31.7 Å². The molecule has 6 nitrogen and oxygen atoms in total. The lowest BCUT2D eigenvalue weighted by molar-refractivity contribution is -0.131. The molecule has 28 heavy (non-hydrogen) atoms. The van der Waals surface area contributed by atoms with Crippen LogP contribution < -0.4 is 14.8 Å². The highest BCUT2D eigenvalue weighted by Crippen LogP contribution is 2.28. The van der Waals surface area contributed by atoms with E-state index in [0.717, 1.165) is 23.3 Å². The summed E-state index contributed by atoms with van der Waals surface area (Å²) < 4.78 is 10.5. The normalized spacial score (nSPS) is 14.6. The Hall–Kier alpha value is -2.54. The highest BCUT2D eigenvalue weighted by atomic mass is 32.1. The molecule has 0 spiro atoms. The Balaban J connectivity index is 1.46. The number of carbonyl (C=O) groups is 2. The molecule has 2 aromatic rings. The van der Waals surface area contributed by atoms with Crippen molar-refractivity contribution in [2.75, 3.05) is 27.3 Å². The number of thiophene rings is 1. The average molecular weight is 403 g/mol. The molecule has 1 aliphatic heterocycles. The van der Waals surface area contributed by atoms with Crippen molar-refractivity contribution in [2.24, 2.45) is 0 Å². The van der Waals surface area contributed by atoms with Gasteiger partial charge in [-0.3, -0.25) is 9.59 Å². The predicted octanol–water partition coefficient (Wildman–Crippen LogP) is 2.66. The minimum Gasteiger partial charge on any atom is -0.493 e. The van der Waals surface area contributed by atoms with Gasteiger partial charge in [0.15, 0.2) is 11.5 Å². The van der Waals surface area contributed by atoms with Crippen LogP contribution >= 0.6 is 11.3 Å². The van der Waals surface area contributed by atoms with Gasteiger partial charge in [-0.05, 0) is 42.0 Å². The molecule has 1 aliphatic rings. The maximum Gasteiger partial charge on any atom is 0.226 e. The molecular weight excluding hydrogens is 376 g/mol. The molecule has 2 amide bonds. The number of likely N-dealkylation sites (tertiary alicyclic amines) is 1. The number of nitrogens with zero attached hydrogens (tertiary/aromatic N) is 1. The number of ether oxygens (including phenoxy) is 2. The maximum absolute atomic E-state index is 12.6. The summed E-state index contributed by atoms with van der Waals surface area (Å²) in [6, 6.07) is 9.61. The number of hydrogen-bond acceptors (Lipinski definition) is 5. The van der Waals surface area contributed by atoms with Gasteiger partial charge in [-0.15, -0.1) is 11.3 Å². The van der Waals surface area contributed by atoms with Crippen LogP contribution in [0.2, 0.25) is 0 Å². The van der Waals surface area contributed by atoms with Gasteiger partial charge in [0.1, 0.15) is 0 Å². The van der Waals surface area contributed by atoms with E-state index in [0.29, 0.717) is 37.4 Å². The van der Waals surface area contributed by atoms with Gasteiger partial charge in [0.25, 0.3) is 0 Å². The molecule has 3 rings (SSSR count). The largest absolute Gasteiger partial charge is 0.493 e. The molecule has 0 atom stereocenters. The van der Waals surface area contributed by atoms with Gasteiger partial charge in [0.2, 0.25) is 11.8 Å². The zero-order valence-electron chi connectivity index (χ0n) is 16.3. The number of nitrogens with one attached hydrogen (secondary N) is 1. The molecule has 0 saturated carbocycles. The van der Waals surface area contributed by atoms with Crippen LogP contribution in [0.15, 0.2) is 35.7 Å². The first kappa shape index (κ1) is 20.2. The zero-order valence-corrected chi connectivity index (χ0v) is 17.1. The number of rotatable bonds is 7. The summed E-state index contributed by atoms with van der Waals surface area (Å²) in [4.78, 5) is 27.7. The first-order chi connectivity index (χ1) is 13.6. The molecular formula is C21H26N2O4S. The second-order valence-corrected chi connectivity index (χ2v) is 7.88. The lowest BCUT2D eigenvalue weighted by Gasteiger charge is -2.32. The zero-order chi connectivity index (χ0) is 19.9. The van der Waals surface area contributed by atoms with E-state index < -0.39 is 0 Å². The second kappa shape index (κ2) is 9.59. The van der Waals surface area contributed by atoms with E-state index in [-0.39, 0.29) is 17.9 Å². The monoisotopic (exact) mass is 402 g/mol. The smallest absolute Gasteiger partial charge is 0.226 e. The van der Waals surface area contributed by atoms with Crippen LogP contribution in [0.25, 0.3) is 0 Å². The standard InChI is InChI=1S/C21H26N2O4S/c1-26-18-6-5-15(12-19(18)27-2)13-21(25)23-9-7-16(8-10-23)22-20(24)14-17-4-3-11-28-17/h3-6,11-12,16H,7-10,13-14H2,1-2H3,(H,22,24). The van der Waals surface area contributed by atoms with Gasteiger partial charge in [-0.1, -0.05) is 12.1 Å². The third-order valence-electron chi connectivity index (χ3n) is 4.93. The molecule has 150 valence electrons. The number of amides is 2. The Morgan fingerprint density at radius 2 is 1.86 bits per heavy atom. The van der Waals surface area contributed by atoms with Crippen molar-refractivity contribution < 1.29 is 19.1 Å². The minimum atomic E-state index is 0.0533. The van der Waals surface area contributed by atoms with E-state index in [2.05, 4.69) is 5.32 Å². The molecule has 1 N–H and O–H groups in total. The van der Waals surface area contributed by atoms with E-state index in [9.17, 15) is 9.59 Å². The van der Waals surface area contributed by atoms with E-state index in [1.807, 2.05) is 40.6 Å². The highest BCUT2D eigenvalue weighted by molar-refractivity contribution is 7.10. The fourth-order valence-electron chi connectivity index (χ4n) is 3.40. The van der Waals surface area contributed by atoms with Crippen molar-refractivity contribution in [3.05, 3.63) is 46.2 Å². The summed E-state index contributed by atoms with van der Waals surface area (Å²) in [5.74, 6) is 1.42. The third-order valence-corrected chi connectivity index (χ3v) is 5.81. The molecule has 1 aromatic heterocycles. The number of carbonyl (C=O) groups excluding carboxylic acids is 2. The van der Waals surface area contributed by atoms with Crippen molar-refractivity contribution in [3.8, 4) is 11.5 Å². The SMILES string of the molecule is COc1ccc(CC(=O)N2CCC(NC(=O)Cc3cccs3)CC2)cc1OC. The van der Waals surface area contributed by atoms with Crippen molar-refractivity contribution >= 4 is 23.2 Å². The fourth-order valence-corrected chi connectivity index (χ4v) is 4.10. The Labute approximate surface area is 169 Å². The molecule has 1 fully saturated rings. The summed E-state index contributed by atoms with van der Waals surface area (Å²) in [5.41, 5.74) is 0.897. The lowest BCUT2D eigenvalue weighted by Crippen LogP contribution is -2.47. The van der Waals surface area contributed by atoms with Gasteiger partial charge in [0, 0.05) is 24.0 Å². The molecule has 2 heterocycles. The first-order valence-electron chi connectivity index (χ1n) is 9.39. The van der Waals surface area contributed by atoms with E-state index >= 15 is 0 Å². The van der Waals surface area contributed by atoms with Crippen molar-refractivity contribution in [1.82, 2.24) is 10.2 Å². The summed E-state index contributed by atoms with van der Waals surface area (Å²) >= 11 is 1.59.